The largest absolute Gasteiger partial charge is 0.372 e. The molecule has 2 unspecified atom stereocenters. The maximum atomic E-state index is 12.2. The molecular formula is C16H20ClNO3. The van der Waals surface area contributed by atoms with E-state index in [1.165, 1.54) is 0 Å². The molecule has 1 amide bonds. The van der Waals surface area contributed by atoms with Gasteiger partial charge in [-0.05, 0) is 38.1 Å². The number of halogens is 1. The molecular weight excluding hydrogens is 290 g/mol. The molecule has 1 aromatic carbocycles. The number of ether oxygens (including phenoxy) is 1. The zero-order valence-corrected chi connectivity index (χ0v) is 13.1. The molecule has 4 nitrogen and oxygen atoms in total. The van der Waals surface area contributed by atoms with Crippen molar-refractivity contribution in [3.8, 4) is 0 Å². The summed E-state index contributed by atoms with van der Waals surface area (Å²) in [6, 6.07) is 6.74. The van der Waals surface area contributed by atoms with Crippen LogP contribution in [0.4, 0.5) is 0 Å². The topological polar surface area (TPSA) is 46.6 Å². The molecule has 1 heterocycles. The fourth-order valence-electron chi connectivity index (χ4n) is 2.54. The lowest BCUT2D eigenvalue weighted by Gasteiger charge is -2.35. The van der Waals surface area contributed by atoms with Crippen molar-refractivity contribution >= 4 is 23.3 Å². The molecule has 0 bridgehead atoms. The minimum absolute atomic E-state index is 0.0133. The van der Waals surface area contributed by atoms with Crippen molar-refractivity contribution in [1.82, 2.24) is 4.90 Å². The third-order valence-electron chi connectivity index (χ3n) is 3.50. The first-order valence-electron chi connectivity index (χ1n) is 7.17. The first-order chi connectivity index (χ1) is 9.95. The van der Waals surface area contributed by atoms with E-state index in [9.17, 15) is 9.59 Å². The zero-order valence-electron chi connectivity index (χ0n) is 12.3. The number of benzene rings is 1. The third-order valence-corrected chi connectivity index (χ3v) is 3.76. The van der Waals surface area contributed by atoms with Gasteiger partial charge in [0.05, 0.1) is 12.2 Å². The number of Topliss-reactive ketones (excluding diaryl/α,β-unsaturated/α-hetero) is 1. The van der Waals surface area contributed by atoms with E-state index < -0.39 is 0 Å². The molecule has 2 rings (SSSR count). The van der Waals surface area contributed by atoms with Gasteiger partial charge in [0.15, 0.2) is 5.78 Å². The molecule has 0 aliphatic carbocycles. The molecule has 5 heteroatoms. The van der Waals surface area contributed by atoms with Crippen molar-refractivity contribution in [1.29, 1.82) is 0 Å². The van der Waals surface area contributed by atoms with Gasteiger partial charge in [-0.15, -0.1) is 0 Å². The first kappa shape index (κ1) is 16.0. The van der Waals surface area contributed by atoms with E-state index in [0.29, 0.717) is 23.7 Å². The summed E-state index contributed by atoms with van der Waals surface area (Å²) < 4.78 is 5.60. The Morgan fingerprint density at radius 1 is 1.14 bits per heavy atom. The molecule has 1 aliphatic rings. The Morgan fingerprint density at radius 3 is 2.29 bits per heavy atom. The van der Waals surface area contributed by atoms with E-state index in [2.05, 4.69) is 0 Å². The molecule has 21 heavy (non-hydrogen) atoms. The molecule has 0 saturated carbocycles. The Bertz CT molecular complexity index is 505. The average molecular weight is 310 g/mol. The summed E-state index contributed by atoms with van der Waals surface area (Å²) in [5.41, 5.74) is 0.593. The highest BCUT2D eigenvalue weighted by atomic mass is 35.5. The van der Waals surface area contributed by atoms with Gasteiger partial charge in [-0.1, -0.05) is 11.6 Å². The Labute approximate surface area is 130 Å². The monoisotopic (exact) mass is 309 g/mol. The summed E-state index contributed by atoms with van der Waals surface area (Å²) in [6.07, 6.45) is 0.552. The molecule has 0 radical (unpaired) electrons. The number of nitrogens with zero attached hydrogens (tertiary/aromatic N) is 1. The molecule has 0 N–H and O–H groups in total. The van der Waals surface area contributed by atoms with Crippen LogP contribution in [0, 0.1) is 0 Å². The zero-order chi connectivity index (χ0) is 15.4. The second-order valence-corrected chi connectivity index (χ2v) is 5.92. The van der Waals surface area contributed by atoms with Gasteiger partial charge in [0.1, 0.15) is 0 Å². The number of carbonyl (C=O) groups is 2. The Balaban J connectivity index is 1.86. The first-order valence-corrected chi connectivity index (χ1v) is 7.55. The van der Waals surface area contributed by atoms with Crippen LogP contribution < -0.4 is 0 Å². The average Bonchev–Trinajstić information content (AvgIpc) is 2.44. The number of morpholine rings is 1. The van der Waals surface area contributed by atoms with Crippen molar-refractivity contribution in [2.45, 2.75) is 38.9 Å². The molecule has 1 fully saturated rings. The van der Waals surface area contributed by atoms with Gasteiger partial charge in [0, 0.05) is 36.5 Å². The van der Waals surface area contributed by atoms with Crippen LogP contribution >= 0.6 is 11.6 Å². The molecule has 1 aliphatic heterocycles. The highest BCUT2D eigenvalue weighted by Gasteiger charge is 2.25. The lowest BCUT2D eigenvalue weighted by atomic mass is 10.1. The number of hydrogen-bond donors (Lipinski definition) is 0. The smallest absolute Gasteiger partial charge is 0.223 e. The number of carbonyl (C=O) groups excluding carboxylic acids is 2. The van der Waals surface area contributed by atoms with Crippen LogP contribution in [0.25, 0.3) is 0 Å². The Hall–Kier alpha value is -1.39. The van der Waals surface area contributed by atoms with Crippen LogP contribution in [0.5, 0.6) is 0 Å². The van der Waals surface area contributed by atoms with Crippen molar-refractivity contribution in [2.24, 2.45) is 0 Å². The van der Waals surface area contributed by atoms with E-state index in [0.717, 1.165) is 0 Å². The fraction of sp³-hybridized carbons (Fsp3) is 0.500. The number of rotatable bonds is 4. The number of hydrogen-bond acceptors (Lipinski definition) is 3. The lowest BCUT2D eigenvalue weighted by molar-refractivity contribution is -0.143. The van der Waals surface area contributed by atoms with Gasteiger partial charge >= 0.3 is 0 Å². The quantitative estimate of drug-likeness (QED) is 0.803. The summed E-state index contributed by atoms with van der Waals surface area (Å²) in [7, 11) is 0. The van der Waals surface area contributed by atoms with E-state index in [4.69, 9.17) is 16.3 Å². The summed E-state index contributed by atoms with van der Waals surface area (Å²) in [5, 5.41) is 0.596. The predicted molar refractivity (Wildman–Crippen MR) is 81.6 cm³/mol. The third kappa shape index (κ3) is 4.55. The van der Waals surface area contributed by atoms with E-state index in [1.54, 1.807) is 29.2 Å². The summed E-state index contributed by atoms with van der Waals surface area (Å²) >= 11 is 5.79. The lowest BCUT2D eigenvalue weighted by Crippen LogP contribution is -2.48. The Morgan fingerprint density at radius 2 is 1.71 bits per heavy atom. The van der Waals surface area contributed by atoms with E-state index >= 15 is 0 Å². The summed E-state index contributed by atoms with van der Waals surface area (Å²) in [4.78, 5) is 26.0. The van der Waals surface area contributed by atoms with Crippen LogP contribution in [0.3, 0.4) is 0 Å². The van der Waals surface area contributed by atoms with Gasteiger partial charge in [-0.3, -0.25) is 9.59 Å². The van der Waals surface area contributed by atoms with Crippen LogP contribution in [0.15, 0.2) is 24.3 Å². The van der Waals surface area contributed by atoms with Gasteiger partial charge in [0.25, 0.3) is 0 Å². The van der Waals surface area contributed by atoms with Gasteiger partial charge in [0.2, 0.25) is 5.91 Å². The highest BCUT2D eigenvalue weighted by Crippen LogP contribution is 2.15. The molecule has 0 spiro atoms. The molecule has 114 valence electrons. The second-order valence-electron chi connectivity index (χ2n) is 5.49. The normalized spacial score (nSPS) is 22.1. The maximum absolute atomic E-state index is 12.2. The predicted octanol–water partition coefficient (Wildman–Crippen LogP) is 2.94. The SMILES string of the molecule is CC1CN(C(=O)CCC(=O)c2ccc(Cl)cc2)CC(C)O1. The van der Waals surface area contributed by atoms with Crippen LogP contribution in [0.2, 0.25) is 5.02 Å². The standard InChI is InChI=1S/C16H20ClNO3/c1-11-9-18(10-12(2)21-11)16(20)8-7-15(19)13-3-5-14(17)6-4-13/h3-6,11-12H,7-10H2,1-2H3. The van der Waals surface area contributed by atoms with Crippen molar-refractivity contribution in [3.05, 3.63) is 34.9 Å². The summed E-state index contributed by atoms with van der Waals surface area (Å²) in [6.45, 7) is 5.10. The van der Waals surface area contributed by atoms with Crippen molar-refractivity contribution in [3.63, 3.8) is 0 Å². The maximum Gasteiger partial charge on any atom is 0.223 e. The van der Waals surface area contributed by atoms with Crippen LogP contribution in [0.1, 0.15) is 37.0 Å². The van der Waals surface area contributed by atoms with E-state index in [-0.39, 0.29) is 36.7 Å². The molecule has 0 aromatic heterocycles. The fourth-order valence-corrected chi connectivity index (χ4v) is 2.67. The van der Waals surface area contributed by atoms with Gasteiger partial charge in [-0.2, -0.15) is 0 Å². The van der Waals surface area contributed by atoms with Gasteiger partial charge in [-0.25, -0.2) is 0 Å². The van der Waals surface area contributed by atoms with Crippen LogP contribution in [-0.2, 0) is 9.53 Å². The summed E-state index contributed by atoms with van der Waals surface area (Å²) in [5.74, 6) is -0.0197. The molecule has 1 saturated heterocycles. The minimum Gasteiger partial charge on any atom is -0.372 e. The van der Waals surface area contributed by atoms with Crippen LogP contribution in [-0.4, -0.2) is 41.9 Å². The molecule has 1 aromatic rings. The van der Waals surface area contributed by atoms with E-state index in [1.807, 2.05) is 13.8 Å². The molecule has 2 atom stereocenters. The highest BCUT2D eigenvalue weighted by molar-refractivity contribution is 6.30. The van der Waals surface area contributed by atoms with Gasteiger partial charge < -0.3 is 9.64 Å². The van der Waals surface area contributed by atoms with Crippen molar-refractivity contribution in [2.75, 3.05) is 13.1 Å². The second kappa shape index (κ2) is 7.05. The number of ketones is 1. The minimum atomic E-state index is -0.0330. The van der Waals surface area contributed by atoms with Crippen molar-refractivity contribution < 1.29 is 14.3 Å². The Kier molecular flexibility index (Phi) is 5.37. The number of amides is 1.